The van der Waals surface area contributed by atoms with Gasteiger partial charge in [0.05, 0.1) is 19.1 Å². The van der Waals surface area contributed by atoms with Gasteiger partial charge >= 0.3 is 17.9 Å². The van der Waals surface area contributed by atoms with Crippen LogP contribution in [0.25, 0.3) is 0 Å². The summed E-state index contributed by atoms with van der Waals surface area (Å²) in [6, 6.07) is 3.25. The molecule has 1 heterocycles. The lowest BCUT2D eigenvalue weighted by atomic mass is 9.83. The standard InChI is InChI=1S/C65H96N10O16S/c1-5-38(4)54(73-63(88)55(53(41-23-14-8-15-24-41)42-25-16-9-17-26-42)74-57(82)44(28-29-51(77)78)67-56(81)43(66)34-52(79)80)62(87)69-46(33-40-21-12-7-13-22-40)59(84)72-49(36-92)64(89)75-30-18-27-50(75)61(86)68-45(32-39-19-10-6-11-20-39)58(83)71-48(35-76)60(85)70-47(65(90)91)31-37(2)3/h8-9,14-17,23-26,37-40,43-50,53-55,76,92H,5-7,10-13,18-22,27-36,66H2,1-4H3,(H,67,81)(H,68,86)(H,69,87)(H,70,85)(H,71,83)(H,72,84)(H,73,88)(H,74,82)(H,77,78)(H,79,80)(H,90,91)/t38-,43-,44-,45-,46-,47-,48-,49-,50-,54-,55-/m0/s1. The van der Waals surface area contributed by atoms with Crippen molar-refractivity contribution in [2.75, 3.05) is 18.9 Å². The monoisotopic (exact) mass is 1300 g/mol. The van der Waals surface area contributed by atoms with Gasteiger partial charge in [0.15, 0.2) is 0 Å². The number of aliphatic hydroxyl groups is 1. The van der Waals surface area contributed by atoms with Crippen LogP contribution in [-0.2, 0) is 57.5 Å². The van der Waals surface area contributed by atoms with Gasteiger partial charge in [0.25, 0.3) is 0 Å². The van der Waals surface area contributed by atoms with Crippen LogP contribution in [0.5, 0.6) is 0 Å². The Morgan fingerprint density at radius 3 is 1.50 bits per heavy atom. The largest absolute Gasteiger partial charge is 0.481 e. The molecule has 2 aliphatic carbocycles. The van der Waals surface area contributed by atoms with Crippen LogP contribution >= 0.6 is 12.6 Å². The van der Waals surface area contributed by atoms with Crippen molar-refractivity contribution >= 4 is 83.7 Å². The maximum atomic E-state index is 15.3. The summed E-state index contributed by atoms with van der Waals surface area (Å²) in [5, 5.41) is 60.3. The average Bonchev–Trinajstić information content (AvgIpc) is 1.18. The smallest absolute Gasteiger partial charge is 0.326 e. The summed E-state index contributed by atoms with van der Waals surface area (Å²) >= 11 is 4.49. The second kappa shape index (κ2) is 37.8. The Balaban J connectivity index is 1.41. The molecule has 2 aromatic carbocycles. The molecule has 1 aliphatic heterocycles. The molecular weight excluding hydrogens is 1210 g/mol. The van der Waals surface area contributed by atoms with Crippen molar-refractivity contribution in [3.63, 3.8) is 0 Å². The van der Waals surface area contributed by atoms with Crippen molar-refractivity contribution in [1.82, 2.24) is 47.4 Å². The van der Waals surface area contributed by atoms with Gasteiger partial charge < -0.3 is 73.6 Å². The molecule has 0 aromatic heterocycles. The number of nitrogens with one attached hydrogen (secondary N) is 8. The van der Waals surface area contributed by atoms with E-state index in [0.29, 0.717) is 24.0 Å². The SMILES string of the molecule is CC[C@H](C)[C@H](NC(=O)[C@@H](NC(=O)[C@H](CCC(=O)O)NC(=O)[C@@H](N)CC(=O)O)C(c1ccccc1)c1ccccc1)C(=O)N[C@@H](CC1CCCCC1)C(=O)N[C@@H](CS)C(=O)N1CCC[C@H]1C(=O)N[C@@H](CC1CCCCC1)C(=O)N[C@@H](CO)C(=O)N[C@@H](CC(C)C)C(=O)O. The van der Waals surface area contributed by atoms with Gasteiger partial charge in [-0.1, -0.05) is 159 Å². The summed E-state index contributed by atoms with van der Waals surface area (Å²) < 4.78 is 0. The summed E-state index contributed by atoms with van der Waals surface area (Å²) in [6.45, 7) is 6.28. The Morgan fingerprint density at radius 1 is 0.543 bits per heavy atom. The molecule has 0 radical (unpaired) electrons. The van der Waals surface area contributed by atoms with Gasteiger partial charge in [0.1, 0.15) is 54.4 Å². The molecule has 3 fully saturated rings. The summed E-state index contributed by atoms with van der Waals surface area (Å²) in [6.07, 6.45) is 7.89. The third kappa shape index (κ3) is 23.2. The summed E-state index contributed by atoms with van der Waals surface area (Å²) in [5.74, 6) is -13.5. The van der Waals surface area contributed by atoms with Crippen LogP contribution in [0.2, 0.25) is 0 Å². The first-order valence-corrected chi connectivity index (χ1v) is 33.0. The predicted molar refractivity (Wildman–Crippen MR) is 342 cm³/mol. The number of nitrogens with two attached hydrogens (primary N) is 1. The fourth-order valence-electron chi connectivity index (χ4n) is 12.4. The number of hydrogen-bond acceptors (Lipinski definition) is 15. The highest BCUT2D eigenvalue weighted by Crippen LogP contribution is 2.32. The number of carboxylic acid groups (broad SMARTS) is 3. The molecule has 92 heavy (non-hydrogen) atoms. The highest BCUT2D eigenvalue weighted by Gasteiger charge is 2.43. The fraction of sp³-hybridized carbons (Fsp3) is 0.631. The first-order chi connectivity index (χ1) is 43.8. The summed E-state index contributed by atoms with van der Waals surface area (Å²) in [7, 11) is 0. The molecule has 11 atom stereocenters. The first kappa shape index (κ1) is 75.1. The van der Waals surface area contributed by atoms with Crippen molar-refractivity contribution in [2.24, 2.45) is 29.4 Å². The second-order valence-electron chi connectivity index (χ2n) is 25.2. The van der Waals surface area contributed by atoms with Crippen LogP contribution < -0.4 is 48.3 Å². The number of carbonyl (C=O) groups is 12. The van der Waals surface area contributed by atoms with Gasteiger partial charge in [-0.15, -0.1) is 0 Å². The van der Waals surface area contributed by atoms with Crippen LogP contribution in [0.15, 0.2) is 60.7 Å². The molecule has 1 saturated heterocycles. The molecule has 0 unspecified atom stereocenters. The topological polar surface area (TPSA) is 411 Å². The number of aliphatic carboxylic acids is 3. The normalized spacial score (nSPS) is 18.6. The van der Waals surface area contributed by atoms with Crippen LogP contribution in [0.4, 0.5) is 0 Å². The number of hydrogen-bond donors (Lipinski definition) is 14. The first-order valence-electron chi connectivity index (χ1n) is 32.3. The Labute approximate surface area is 543 Å². The minimum absolute atomic E-state index is 0.0163. The van der Waals surface area contributed by atoms with Crippen molar-refractivity contribution < 1.29 is 78.0 Å². The molecule has 0 spiro atoms. The van der Waals surface area contributed by atoms with E-state index in [2.05, 4.69) is 55.2 Å². The minimum Gasteiger partial charge on any atom is -0.481 e. The Kier molecular flexibility index (Phi) is 30.8. The molecular formula is C65H96N10O16S. The maximum absolute atomic E-state index is 15.3. The Morgan fingerprint density at radius 2 is 1.01 bits per heavy atom. The molecule has 3 aliphatic rings. The average molecular weight is 1310 g/mol. The zero-order chi connectivity index (χ0) is 67.6. The van der Waals surface area contributed by atoms with Gasteiger partial charge in [-0.2, -0.15) is 12.6 Å². The quantitative estimate of drug-likeness (QED) is 0.0436. The third-order valence-electron chi connectivity index (χ3n) is 17.7. The van der Waals surface area contributed by atoms with Gasteiger partial charge in [0, 0.05) is 24.6 Å². The van der Waals surface area contributed by atoms with Crippen LogP contribution in [0.3, 0.4) is 0 Å². The predicted octanol–water partition coefficient (Wildman–Crippen LogP) is 2.39. The van der Waals surface area contributed by atoms with Crippen molar-refractivity contribution in [1.29, 1.82) is 0 Å². The van der Waals surface area contributed by atoms with E-state index in [0.717, 1.165) is 64.2 Å². The number of amides is 9. The van der Waals surface area contributed by atoms with Crippen molar-refractivity contribution in [3.8, 4) is 0 Å². The van der Waals surface area contributed by atoms with Gasteiger partial charge in [0.2, 0.25) is 53.2 Å². The van der Waals surface area contributed by atoms with Crippen LogP contribution in [0, 0.1) is 23.7 Å². The van der Waals surface area contributed by atoms with E-state index < -0.39 is 169 Å². The Hall–Kier alpha value is -7.65. The van der Waals surface area contributed by atoms with E-state index in [1.807, 2.05) is 0 Å². The molecule has 2 saturated carbocycles. The summed E-state index contributed by atoms with van der Waals surface area (Å²) in [4.78, 5) is 166. The molecule has 14 N–H and O–H groups in total. The van der Waals surface area contributed by atoms with Gasteiger partial charge in [-0.3, -0.25) is 52.7 Å². The number of aliphatic hydroxyl groups excluding tert-OH is 1. The molecule has 0 bridgehead atoms. The van der Waals surface area contributed by atoms with Crippen LogP contribution in [0.1, 0.15) is 167 Å². The van der Waals surface area contributed by atoms with E-state index in [1.165, 1.54) is 4.90 Å². The van der Waals surface area contributed by atoms with E-state index in [-0.39, 0.29) is 55.7 Å². The van der Waals surface area contributed by atoms with Crippen molar-refractivity contribution in [2.45, 2.75) is 216 Å². The highest BCUT2D eigenvalue weighted by molar-refractivity contribution is 7.80. The number of carbonyl (C=O) groups excluding carboxylic acids is 9. The van der Waals surface area contributed by atoms with Crippen LogP contribution in [-0.4, -0.2) is 176 Å². The van der Waals surface area contributed by atoms with Gasteiger partial charge in [-0.25, -0.2) is 4.79 Å². The lowest BCUT2D eigenvalue weighted by molar-refractivity contribution is -0.143. The van der Waals surface area contributed by atoms with E-state index in [4.69, 9.17) is 5.73 Å². The number of rotatable bonds is 36. The number of benzene rings is 2. The Bertz CT molecular complexity index is 2780. The molecule has 9 amide bonds. The zero-order valence-corrected chi connectivity index (χ0v) is 54.0. The summed E-state index contributed by atoms with van der Waals surface area (Å²) in [5.41, 5.74) is 6.90. The maximum Gasteiger partial charge on any atom is 0.326 e. The van der Waals surface area contributed by atoms with E-state index >= 15 is 9.59 Å². The lowest BCUT2D eigenvalue weighted by Gasteiger charge is -2.34. The number of carboxylic acids is 3. The lowest BCUT2D eigenvalue weighted by Crippen LogP contribution is -2.62. The molecule has 5 rings (SSSR count). The number of thiol groups is 1. The highest BCUT2D eigenvalue weighted by atomic mass is 32.1. The third-order valence-corrected chi connectivity index (χ3v) is 18.0. The van der Waals surface area contributed by atoms with Crippen molar-refractivity contribution in [3.05, 3.63) is 71.8 Å². The minimum atomic E-state index is -1.64. The zero-order valence-electron chi connectivity index (χ0n) is 53.1. The fourth-order valence-corrected chi connectivity index (χ4v) is 12.6. The molecule has 27 heteroatoms. The molecule has 508 valence electrons. The van der Waals surface area contributed by atoms with E-state index in [9.17, 15) is 68.4 Å². The molecule has 26 nitrogen and oxygen atoms in total. The van der Waals surface area contributed by atoms with E-state index in [1.54, 1.807) is 88.4 Å². The van der Waals surface area contributed by atoms with Gasteiger partial charge in [-0.05, 0) is 73.3 Å². The molecule has 2 aromatic rings. The second-order valence-corrected chi connectivity index (χ2v) is 25.5. The number of nitrogens with zero attached hydrogens (tertiary/aromatic N) is 1. The number of likely N-dealkylation sites (tertiary alicyclic amines) is 1.